The highest BCUT2D eigenvalue weighted by Crippen LogP contribution is 2.33. The van der Waals surface area contributed by atoms with Crippen molar-refractivity contribution >= 4 is 5.69 Å². The Balaban J connectivity index is 2.13. The molecule has 1 aromatic carbocycles. The lowest BCUT2D eigenvalue weighted by molar-refractivity contribution is 0.444. The van der Waals surface area contributed by atoms with E-state index < -0.39 is 0 Å². The van der Waals surface area contributed by atoms with Crippen molar-refractivity contribution in [1.29, 1.82) is 0 Å². The Labute approximate surface area is 85.5 Å². The van der Waals surface area contributed by atoms with Gasteiger partial charge in [0.1, 0.15) is 0 Å². The quantitative estimate of drug-likeness (QED) is 0.555. The maximum atomic E-state index is 5.40. The SMILES string of the molecule is NNc1cccc(C2CCCCC2)c1. The summed E-state index contributed by atoms with van der Waals surface area (Å²) in [6.45, 7) is 0. The van der Waals surface area contributed by atoms with Gasteiger partial charge in [-0.3, -0.25) is 5.84 Å². The Hall–Kier alpha value is -1.02. The van der Waals surface area contributed by atoms with Gasteiger partial charge < -0.3 is 5.43 Å². The smallest absolute Gasteiger partial charge is 0.0487 e. The lowest BCUT2D eigenvalue weighted by atomic mass is 9.84. The molecule has 1 aliphatic carbocycles. The molecule has 0 aliphatic heterocycles. The van der Waals surface area contributed by atoms with Gasteiger partial charge in [0, 0.05) is 5.69 Å². The Morgan fingerprint density at radius 3 is 2.64 bits per heavy atom. The van der Waals surface area contributed by atoms with E-state index in [0.29, 0.717) is 0 Å². The highest BCUT2D eigenvalue weighted by atomic mass is 15.2. The van der Waals surface area contributed by atoms with Gasteiger partial charge in [0.15, 0.2) is 0 Å². The van der Waals surface area contributed by atoms with Crippen LogP contribution in [-0.4, -0.2) is 0 Å². The number of hydrazine groups is 1. The van der Waals surface area contributed by atoms with Gasteiger partial charge in [-0.25, -0.2) is 0 Å². The minimum absolute atomic E-state index is 0.761. The number of nitrogen functional groups attached to an aromatic ring is 1. The van der Waals surface area contributed by atoms with E-state index in [1.807, 2.05) is 6.07 Å². The van der Waals surface area contributed by atoms with Crippen LogP contribution in [0.5, 0.6) is 0 Å². The molecule has 1 aliphatic rings. The summed E-state index contributed by atoms with van der Waals surface area (Å²) in [7, 11) is 0. The lowest BCUT2D eigenvalue weighted by Gasteiger charge is -2.22. The molecule has 0 spiro atoms. The molecule has 14 heavy (non-hydrogen) atoms. The third kappa shape index (κ3) is 2.07. The minimum atomic E-state index is 0.761. The Morgan fingerprint density at radius 1 is 1.14 bits per heavy atom. The first kappa shape index (κ1) is 9.53. The molecule has 76 valence electrons. The summed E-state index contributed by atoms with van der Waals surface area (Å²) in [5.74, 6) is 6.16. The average molecular weight is 190 g/mol. The molecule has 2 rings (SSSR count). The van der Waals surface area contributed by atoms with Gasteiger partial charge in [-0.05, 0) is 36.5 Å². The second-order valence-corrected chi connectivity index (χ2v) is 4.10. The molecule has 3 N–H and O–H groups in total. The predicted octanol–water partition coefficient (Wildman–Crippen LogP) is 3.02. The topological polar surface area (TPSA) is 38.0 Å². The van der Waals surface area contributed by atoms with Gasteiger partial charge in [-0.2, -0.15) is 0 Å². The highest BCUT2D eigenvalue weighted by Gasteiger charge is 2.15. The summed E-state index contributed by atoms with van der Waals surface area (Å²) in [5.41, 5.74) is 5.17. The molecule has 0 atom stereocenters. The van der Waals surface area contributed by atoms with Crippen LogP contribution < -0.4 is 11.3 Å². The number of hydrogen-bond acceptors (Lipinski definition) is 2. The summed E-state index contributed by atoms with van der Waals surface area (Å²) in [6.07, 6.45) is 6.85. The van der Waals surface area contributed by atoms with Crippen molar-refractivity contribution in [3.05, 3.63) is 29.8 Å². The van der Waals surface area contributed by atoms with Crippen molar-refractivity contribution < 1.29 is 0 Å². The van der Waals surface area contributed by atoms with E-state index in [4.69, 9.17) is 5.84 Å². The van der Waals surface area contributed by atoms with Crippen LogP contribution in [-0.2, 0) is 0 Å². The Kier molecular flexibility index (Phi) is 3.04. The molecule has 1 fully saturated rings. The number of anilines is 1. The summed E-state index contributed by atoms with van der Waals surface area (Å²) >= 11 is 0. The van der Waals surface area contributed by atoms with Crippen molar-refractivity contribution in [2.24, 2.45) is 5.84 Å². The maximum Gasteiger partial charge on any atom is 0.0487 e. The molecule has 0 radical (unpaired) electrons. The molecule has 0 saturated heterocycles. The third-order valence-electron chi connectivity index (χ3n) is 3.13. The molecular formula is C12H18N2. The first-order valence-corrected chi connectivity index (χ1v) is 5.47. The van der Waals surface area contributed by atoms with Crippen molar-refractivity contribution in [2.75, 3.05) is 5.43 Å². The zero-order valence-electron chi connectivity index (χ0n) is 8.50. The van der Waals surface area contributed by atoms with Gasteiger partial charge in [0.25, 0.3) is 0 Å². The van der Waals surface area contributed by atoms with Crippen LogP contribution in [0.15, 0.2) is 24.3 Å². The van der Waals surface area contributed by atoms with E-state index >= 15 is 0 Å². The van der Waals surface area contributed by atoms with Crippen LogP contribution in [0.25, 0.3) is 0 Å². The fraction of sp³-hybridized carbons (Fsp3) is 0.500. The molecule has 0 heterocycles. The van der Waals surface area contributed by atoms with E-state index in [1.54, 1.807) is 0 Å². The minimum Gasteiger partial charge on any atom is -0.324 e. The number of benzene rings is 1. The van der Waals surface area contributed by atoms with Crippen LogP contribution in [0.3, 0.4) is 0 Å². The van der Waals surface area contributed by atoms with Crippen LogP contribution >= 0.6 is 0 Å². The fourth-order valence-electron chi connectivity index (χ4n) is 2.32. The standard InChI is InChI=1S/C12H18N2/c13-14-12-8-4-7-11(9-12)10-5-2-1-3-6-10/h4,7-10,14H,1-3,5-6,13H2. The van der Waals surface area contributed by atoms with Gasteiger partial charge in [0.2, 0.25) is 0 Å². The molecule has 2 heteroatoms. The predicted molar refractivity (Wildman–Crippen MR) is 60.1 cm³/mol. The molecule has 0 amide bonds. The van der Waals surface area contributed by atoms with E-state index in [1.165, 1.54) is 37.7 Å². The van der Waals surface area contributed by atoms with Crippen LogP contribution in [0.4, 0.5) is 5.69 Å². The molecule has 1 aromatic rings. The van der Waals surface area contributed by atoms with Crippen molar-refractivity contribution in [3.63, 3.8) is 0 Å². The zero-order chi connectivity index (χ0) is 9.80. The van der Waals surface area contributed by atoms with Gasteiger partial charge in [-0.1, -0.05) is 31.4 Å². The molecule has 0 bridgehead atoms. The second-order valence-electron chi connectivity index (χ2n) is 4.10. The summed E-state index contributed by atoms with van der Waals surface area (Å²) in [6, 6.07) is 8.48. The molecular weight excluding hydrogens is 172 g/mol. The van der Waals surface area contributed by atoms with Crippen molar-refractivity contribution in [3.8, 4) is 0 Å². The van der Waals surface area contributed by atoms with Gasteiger partial charge in [-0.15, -0.1) is 0 Å². The van der Waals surface area contributed by atoms with E-state index in [2.05, 4.69) is 23.6 Å². The fourth-order valence-corrected chi connectivity index (χ4v) is 2.32. The number of rotatable bonds is 2. The van der Waals surface area contributed by atoms with Crippen molar-refractivity contribution in [2.45, 2.75) is 38.0 Å². The normalized spacial score (nSPS) is 18.1. The number of nitrogens with two attached hydrogens (primary N) is 1. The van der Waals surface area contributed by atoms with E-state index in [0.717, 1.165) is 11.6 Å². The molecule has 0 aromatic heterocycles. The monoisotopic (exact) mass is 190 g/mol. The Bertz CT molecular complexity index is 290. The summed E-state index contributed by atoms with van der Waals surface area (Å²) in [4.78, 5) is 0. The van der Waals surface area contributed by atoms with Crippen LogP contribution in [0.2, 0.25) is 0 Å². The third-order valence-corrected chi connectivity index (χ3v) is 3.13. The lowest BCUT2D eigenvalue weighted by Crippen LogP contribution is -2.08. The highest BCUT2D eigenvalue weighted by molar-refractivity contribution is 5.45. The van der Waals surface area contributed by atoms with Gasteiger partial charge in [0.05, 0.1) is 0 Å². The molecule has 2 nitrogen and oxygen atoms in total. The van der Waals surface area contributed by atoms with Crippen LogP contribution in [0.1, 0.15) is 43.6 Å². The summed E-state index contributed by atoms with van der Waals surface area (Å²) < 4.78 is 0. The number of hydrogen-bond donors (Lipinski definition) is 2. The zero-order valence-corrected chi connectivity index (χ0v) is 8.50. The van der Waals surface area contributed by atoms with E-state index in [-0.39, 0.29) is 0 Å². The summed E-state index contributed by atoms with van der Waals surface area (Å²) in [5, 5.41) is 0. The average Bonchev–Trinajstić information content (AvgIpc) is 2.30. The van der Waals surface area contributed by atoms with Crippen LogP contribution in [0, 0.1) is 0 Å². The second kappa shape index (κ2) is 4.47. The molecule has 1 saturated carbocycles. The first-order chi connectivity index (χ1) is 6.90. The molecule has 0 unspecified atom stereocenters. The Morgan fingerprint density at radius 2 is 1.93 bits per heavy atom. The number of nitrogens with one attached hydrogen (secondary N) is 1. The largest absolute Gasteiger partial charge is 0.324 e. The van der Waals surface area contributed by atoms with Gasteiger partial charge >= 0.3 is 0 Å². The maximum absolute atomic E-state index is 5.40. The van der Waals surface area contributed by atoms with E-state index in [9.17, 15) is 0 Å². The first-order valence-electron chi connectivity index (χ1n) is 5.47. The van der Waals surface area contributed by atoms with Crippen molar-refractivity contribution in [1.82, 2.24) is 0 Å².